The number of hydrogen-bond acceptors (Lipinski definition) is 17. The van der Waals surface area contributed by atoms with E-state index in [0.717, 1.165) is 32.4 Å². The van der Waals surface area contributed by atoms with Gasteiger partial charge in [-0.3, -0.25) is 45.1 Å². The van der Waals surface area contributed by atoms with Crippen molar-refractivity contribution in [2.24, 2.45) is 0 Å². The Morgan fingerprint density at radius 2 is 1.09 bits per heavy atom. The van der Waals surface area contributed by atoms with Gasteiger partial charge in [-0.2, -0.15) is 8.42 Å². The van der Waals surface area contributed by atoms with Crippen molar-refractivity contribution >= 4 is 63.5 Å². The van der Waals surface area contributed by atoms with Crippen molar-refractivity contribution in [3.8, 4) is 11.5 Å². The molecule has 372 valence electrons. The normalized spacial score (nSPS) is 17.3. The number of hydrogen-bond donors (Lipinski definition) is 4. The molecule has 4 aromatic rings. The molecule has 2 atom stereocenters. The third-order valence-corrected chi connectivity index (χ3v) is 11.1. The van der Waals surface area contributed by atoms with Gasteiger partial charge in [-0.25, -0.2) is 19.2 Å². The smallest absolute Gasteiger partial charge is 0.418 e. The van der Waals surface area contributed by atoms with E-state index < -0.39 is 46.2 Å². The van der Waals surface area contributed by atoms with Gasteiger partial charge in [0.2, 0.25) is 0 Å². The molecule has 0 aliphatic carbocycles. The van der Waals surface area contributed by atoms with Crippen LogP contribution in [0.2, 0.25) is 0 Å². The van der Waals surface area contributed by atoms with Crippen LogP contribution in [0.3, 0.4) is 0 Å². The molecule has 22 heteroatoms. The fourth-order valence-corrected chi connectivity index (χ4v) is 7.58. The lowest BCUT2D eigenvalue weighted by Gasteiger charge is -2.35. The van der Waals surface area contributed by atoms with Crippen molar-refractivity contribution < 1.29 is 60.3 Å². The van der Waals surface area contributed by atoms with Gasteiger partial charge in [0, 0.05) is 61.8 Å². The van der Waals surface area contributed by atoms with Gasteiger partial charge in [-0.1, -0.05) is 36.4 Å². The van der Waals surface area contributed by atoms with E-state index >= 15 is 0 Å². The molecule has 70 heavy (non-hydrogen) atoms. The van der Waals surface area contributed by atoms with Gasteiger partial charge in [-0.15, -0.1) is 0 Å². The molecule has 7 rings (SSSR count). The van der Waals surface area contributed by atoms with E-state index in [-0.39, 0.29) is 36.9 Å². The van der Waals surface area contributed by atoms with E-state index in [4.69, 9.17) is 34.5 Å². The number of nitrogens with one attached hydrogen (secondary N) is 4. The molecule has 3 aliphatic rings. The Bertz CT molecular complexity index is 2590. The van der Waals surface area contributed by atoms with Crippen molar-refractivity contribution in [1.29, 1.82) is 10.8 Å². The highest BCUT2D eigenvalue weighted by molar-refractivity contribution is 7.86. The first-order valence-corrected chi connectivity index (χ1v) is 24.0. The summed E-state index contributed by atoms with van der Waals surface area (Å²) in [4.78, 5) is 68.0. The molecule has 0 bridgehead atoms. The maximum Gasteiger partial charge on any atom is 0.418 e. The topological polar surface area (TPSA) is 260 Å². The first-order valence-electron chi connectivity index (χ1n) is 22.2. The van der Waals surface area contributed by atoms with Crippen LogP contribution in [0.5, 0.6) is 11.5 Å². The standard InChI is InChI=1S/C29H37N5O6.C19H19N3O7S/c1-29(2,3)40-25(35)13-14-32-15-17-33(18-16-32)19-24-20-34(28(37)39-24)22-11-9-21(10-12-22)26(30)31-27(36)38-23-7-5-4-6-8-23;1-30(25,26)27-12-16-11-22(19(24)29-16)14-9-7-13(8-10-14)17(20)21-18(23)28-15-5-3-2-4-6-15/h4-12,24H,13-20H2,1-3H3,(H2,30,31,36);2-10,16H,11-12H2,1H3,(H2,20,21,23). The second-order valence-electron chi connectivity index (χ2n) is 17.2. The number of ether oxygens (including phenoxy) is 5. The van der Waals surface area contributed by atoms with Crippen LogP contribution in [0.1, 0.15) is 38.3 Å². The Hall–Kier alpha value is -7.40. The largest absolute Gasteiger partial charge is 0.460 e. The van der Waals surface area contributed by atoms with Gasteiger partial charge in [0.25, 0.3) is 10.1 Å². The zero-order valence-corrected chi connectivity index (χ0v) is 39.9. The highest BCUT2D eigenvalue weighted by Crippen LogP contribution is 2.25. The van der Waals surface area contributed by atoms with Crippen LogP contribution >= 0.6 is 0 Å². The van der Waals surface area contributed by atoms with Gasteiger partial charge in [0.1, 0.15) is 47.6 Å². The molecule has 3 aliphatic heterocycles. The minimum absolute atomic E-state index is 0.111. The quantitative estimate of drug-likeness (QED) is 0.0396. The Labute approximate surface area is 405 Å². The molecule has 3 heterocycles. The van der Waals surface area contributed by atoms with E-state index in [2.05, 4.69) is 24.6 Å². The average molecular weight is 985 g/mol. The van der Waals surface area contributed by atoms with E-state index in [1.54, 1.807) is 108 Å². The molecule has 2 unspecified atom stereocenters. The molecule has 0 spiro atoms. The van der Waals surface area contributed by atoms with E-state index in [1.807, 2.05) is 26.8 Å². The van der Waals surface area contributed by atoms with Gasteiger partial charge < -0.3 is 28.6 Å². The van der Waals surface area contributed by atoms with E-state index in [1.165, 1.54) is 4.90 Å². The van der Waals surface area contributed by atoms with Crippen LogP contribution in [0.15, 0.2) is 109 Å². The summed E-state index contributed by atoms with van der Waals surface area (Å²) < 4.78 is 53.1. The summed E-state index contributed by atoms with van der Waals surface area (Å²) in [5.74, 6) is 0.260. The lowest BCUT2D eigenvalue weighted by Crippen LogP contribution is -2.49. The summed E-state index contributed by atoms with van der Waals surface area (Å²) in [5.41, 5.74) is 1.55. The monoisotopic (exact) mass is 984 g/mol. The molecular formula is C48H56N8O13S. The number of carbonyl (C=O) groups is 5. The third-order valence-electron chi connectivity index (χ3n) is 10.5. The molecule has 0 radical (unpaired) electrons. The molecule has 0 saturated carbocycles. The van der Waals surface area contributed by atoms with Crippen molar-refractivity contribution in [1.82, 2.24) is 20.4 Å². The second-order valence-corrected chi connectivity index (χ2v) is 18.8. The lowest BCUT2D eigenvalue weighted by atomic mass is 10.1. The summed E-state index contributed by atoms with van der Waals surface area (Å²) >= 11 is 0. The number of amides is 4. The third kappa shape index (κ3) is 16.4. The van der Waals surface area contributed by atoms with Crippen LogP contribution < -0.4 is 29.9 Å². The number of piperazine rings is 1. The van der Waals surface area contributed by atoms with Crippen molar-refractivity contribution in [2.45, 2.75) is 45.0 Å². The summed E-state index contributed by atoms with van der Waals surface area (Å²) in [6.45, 7) is 10.5. The predicted molar refractivity (Wildman–Crippen MR) is 257 cm³/mol. The Kier molecular flexibility index (Phi) is 17.6. The fraction of sp³-hybridized carbons (Fsp3) is 0.354. The Morgan fingerprint density at radius 1 is 0.657 bits per heavy atom. The minimum atomic E-state index is -3.63. The molecular weight excluding hydrogens is 929 g/mol. The molecule has 4 aromatic carbocycles. The van der Waals surface area contributed by atoms with Gasteiger partial charge in [0.05, 0.1) is 25.8 Å². The summed E-state index contributed by atoms with van der Waals surface area (Å²) in [7, 11) is -3.63. The SMILES string of the molecule is CC(C)(C)OC(=O)CCN1CCN(CC2CN(c3ccc(C(=N)NC(=O)Oc4ccccc4)cc3)C(=O)O2)CC1.CS(=O)(=O)OCC1CN(c2ccc(C(=N)NC(=O)Oc3ccccc3)cc2)C(=O)O1. The number of nitrogens with zero attached hydrogens (tertiary/aromatic N) is 4. The molecule has 3 fully saturated rings. The molecule has 21 nitrogen and oxygen atoms in total. The highest BCUT2D eigenvalue weighted by Gasteiger charge is 2.35. The predicted octanol–water partition coefficient (Wildman–Crippen LogP) is 5.58. The van der Waals surface area contributed by atoms with Crippen LogP contribution in [0, 0.1) is 10.8 Å². The second kappa shape index (κ2) is 23.7. The Morgan fingerprint density at radius 3 is 1.53 bits per heavy atom. The number of rotatable bonds is 14. The fourth-order valence-electron chi connectivity index (χ4n) is 7.18. The van der Waals surface area contributed by atoms with Crippen LogP contribution in [0.4, 0.5) is 30.6 Å². The molecule has 0 aromatic heterocycles. The zero-order chi connectivity index (χ0) is 50.4. The molecule has 4 amide bonds. The van der Waals surface area contributed by atoms with Gasteiger partial charge in [0.15, 0.2) is 0 Å². The molecule has 3 saturated heterocycles. The number of amidine groups is 2. The summed E-state index contributed by atoms with van der Waals surface area (Å²) in [6.07, 6.45) is -2.29. The van der Waals surface area contributed by atoms with Crippen molar-refractivity contribution in [3.05, 3.63) is 120 Å². The summed E-state index contributed by atoms with van der Waals surface area (Å²) in [5, 5.41) is 20.9. The van der Waals surface area contributed by atoms with Gasteiger partial charge >= 0.3 is 30.3 Å². The van der Waals surface area contributed by atoms with E-state index in [9.17, 15) is 32.4 Å². The highest BCUT2D eigenvalue weighted by atomic mass is 32.2. The lowest BCUT2D eigenvalue weighted by molar-refractivity contribution is -0.155. The molecule has 4 N–H and O–H groups in total. The number of anilines is 2. The summed E-state index contributed by atoms with van der Waals surface area (Å²) in [6, 6.07) is 30.1. The number of esters is 1. The van der Waals surface area contributed by atoms with Crippen LogP contribution in [-0.4, -0.2) is 143 Å². The van der Waals surface area contributed by atoms with E-state index in [0.29, 0.717) is 60.1 Å². The van der Waals surface area contributed by atoms with Crippen LogP contribution in [-0.2, 0) is 33.3 Å². The maximum absolute atomic E-state index is 12.6. The number of benzene rings is 4. The number of carbonyl (C=O) groups excluding carboxylic acids is 5. The maximum atomic E-state index is 12.6. The minimum Gasteiger partial charge on any atom is -0.460 e. The van der Waals surface area contributed by atoms with Crippen molar-refractivity contribution in [3.63, 3.8) is 0 Å². The van der Waals surface area contributed by atoms with Crippen molar-refractivity contribution in [2.75, 3.05) is 75.0 Å². The average Bonchev–Trinajstić information content (AvgIpc) is 3.88. The van der Waals surface area contributed by atoms with Gasteiger partial charge in [-0.05, 0) is 93.6 Å². The zero-order valence-electron chi connectivity index (χ0n) is 39.1. The number of para-hydroxylation sites is 2. The Balaban J connectivity index is 0.000000239. The van der Waals surface area contributed by atoms with Crippen LogP contribution in [0.25, 0.3) is 0 Å². The first kappa shape index (κ1) is 52.0. The number of cyclic esters (lactones) is 2. The first-order chi connectivity index (χ1) is 33.3.